The van der Waals surface area contributed by atoms with Crippen molar-refractivity contribution in [3.05, 3.63) is 41.0 Å². The van der Waals surface area contributed by atoms with Crippen LogP contribution in [-0.2, 0) is 6.42 Å². The molecule has 0 atom stereocenters. The fourth-order valence-electron chi connectivity index (χ4n) is 1.98. The topological polar surface area (TPSA) is 70.7 Å². The maximum Gasteiger partial charge on any atom is 0.295 e. The highest BCUT2D eigenvalue weighted by molar-refractivity contribution is 6.01. The number of anilines is 1. The minimum Gasteiger partial charge on any atom is -0.319 e. The number of benzene rings is 1. The summed E-state index contributed by atoms with van der Waals surface area (Å²) in [4.78, 5) is 16.2. The number of H-pyrrole nitrogens is 1. The van der Waals surface area contributed by atoms with Gasteiger partial charge in [0.15, 0.2) is 0 Å². The molecule has 2 rings (SSSR count). The zero-order valence-electron chi connectivity index (χ0n) is 11.4. The van der Waals surface area contributed by atoms with Crippen LogP contribution in [-0.4, -0.2) is 21.1 Å². The van der Waals surface area contributed by atoms with Crippen LogP contribution in [0, 0.1) is 13.8 Å². The molecule has 5 nitrogen and oxygen atoms in total. The molecule has 1 amide bonds. The third-order valence-corrected chi connectivity index (χ3v) is 2.70. The number of aromatic amines is 1. The van der Waals surface area contributed by atoms with Gasteiger partial charge in [-0.3, -0.25) is 9.89 Å². The van der Waals surface area contributed by atoms with E-state index in [1.165, 1.54) is 0 Å². The van der Waals surface area contributed by atoms with Gasteiger partial charge in [-0.25, -0.2) is 4.98 Å². The Labute approximate surface area is 112 Å². The first kappa shape index (κ1) is 13.3. The molecule has 0 spiro atoms. The van der Waals surface area contributed by atoms with Crippen LogP contribution in [0.25, 0.3) is 0 Å². The third-order valence-electron chi connectivity index (χ3n) is 2.70. The molecule has 0 aliphatic heterocycles. The van der Waals surface area contributed by atoms with Crippen molar-refractivity contribution < 1.29 is 4.79 Å². The number of hydrogen-bond acceptors (Lipinski definition) is 3. The van der Waals surface area contributed by atoms with E-state index in [0.29, 0.717) is 0 Å². The van der Waals surface area contributed by atoms with E-state index in [9.17, 15) is 4.79 Å². The van der Waals surface area contributed by atoms with Gasteiger partial charge < -0.3 is 5.32 Å². The lowest BCUT2D eigenvalue weighted by molar-refractivity contribution is 0.101. The molecule has 100 valence electrons. The summed E-state index contributed by atoms with van der Waals surface area (Å²) in [6, 6.07) is 5.90. The highest BCUT2D eigenvalue weighted by atomic mass is 16.2. The summed E-state index contributed by atoms with van der Waals surface area (Å²) >= 11 is 0. The summed E-state index contributed by atoms with van der Waals surface area (Å²) in [6.07, 6.45) is 1.76. The van der Waals surface area contributed by atoms with Crippen LogP contribution in [0.15, 0.2) is 18.2 Å². The fraction of sp³-hybridized carbons (Fsp3) is 0.357. The molecule has 0 saturated heterocycles. The molecule has 2 N–H and O–H groups in total. The molecule has 0 saturated carbocycles. The molecule has 0 fully saturated rings. The highest BCUT2D eigenvalue weighted by Crippen LogP contribution is 2.14. The van der Waals surface area contributed by atoms with Gasteiger partial charge in [0.1, 0.15) is 5.82 Å². The zero-order chi connectivity index (χ0) is 13.8. The molecule has 1 aromatic heterocycles. The number of rotatable bonds is 4. The minimum atomic E-state index is -0.288. The van der Waals surface area contributed by atoms with Crippen molar-refractivity contribution in [3.8, 4) is 0 Å². The van der Waals surface area contributed by atoms with Gasteiger partial charge in [0, 0.05) is 12.1 Å². The standard InChI is InChI=1S/C14H18N4O/c1-4-5-12-16-13(18-17-12)14(19)15-11-7-9(2)6-10(3)8-11/h6-8H,4-5H2,1-3H3,(H,15,19)(H,16,17,18). The molecular weight excluding hydrogens is 240 g/mol. The Morgan fingerprint density at radius 1 is 1.26 bits per heavy atom. The first-order valence-corrected chi connectivity index (χ1v) is 6.39. The van der Waals surface area contributed by atoms with Crippen LogP contribution in [0.2, 0.25) is 0 Å². The number of nitrogens with zero attached hydrogens (tertiary/aromatic N) is 2. The monoisotopic (exact) mass is 258 g/mol. The van der Waals surface area contributed by atoms with Crippen LogP contribution in [0.4, 0.5) is 5.69 Å². The summed E-state index contributed by atoms with van der Waals surface area (Å²) in [5, 5.41) is 9.51. The van der Waals surface area contributed by atoms with Crippen LogP contribution < -0.4 is 5.32 Å². The molecule has 1 aromatic carbocycles. The lowest BCUT2D eigenvalue weighted by Gasteiger charge is -2.05. The van der Waals surface area contributed by atoms with E-state index in [1.807, 2.05) is 26.0 Å². The number of hydrogen-bond donors (Lipinski definition) is 2. The van der Waals surface area contributed by atoms with Crippen molar-refractivity contribution >= 4 is 11.6 Å². The second-order valence-corrected chi connectivity index (χ2v) is 4.69. The number of carbonyl (C=O) groups is 1. The van der Waals surface area contributed by atoms with E-state index >= 15 is 0 Å². The van der Waals surface area contributed by atoms with Crippen LogP contribution in [0.5, 0.6) is 0 Å². The zero-order valence-corrected chi connectivity index (χ0v) is 11.4. The van der Waals surface area contributed by atoms with Crippen LogP contribution in [0.1, 0.15) is 40.9 Å². The third kappa shape index (κ3) is 3.40. The Morgan fingerprint density at radius 3 is 2.58 bits per heavy atom. The lowest BCUT2D eigenvalue weighted by Crippen LogP contribution is -2.14. The van der Waals surface area contributed by atoms with Gasteiger partial charge in [-0.2, -0.15) is 0 Å². The van der Waals surface area contributed by atoms with E-state index < -0.39 is 0 Å². The Kier molecular flexibility index (Phi) is 3.94. The quantitative estimate of drug-likeness (QED) is 0.885. The number of amides is 1. The van der Waals surface area contributed by atoms with Crippen molar-refractivity contribution in [2.24, 2.45) is 0 Å². The molecule has 0 bridgehead atoms. The summed E-state index contributed by atoms with van der Waals surface area (Å²) < 4.78 is 0. The number of nitrogens with one attached hydrogen (secondary N) is 2. The smallest absolute Gasteiger partial charge is 0.295 e. The average molecular weight is 258 g/mol. The molecule has 19 heavy (non-hydrogen) atoms. The number of carbonyl (C=O) groups excluding carboxylic acids is 1. The van der Waals surface area contributed by atoms with E-state index in [1.54, 1.807) is 0 Å². The summed E-state index contributed by atoms with van der Waals surface area (Å²) in [6.45, 7) is 6.04. The molecular formula is C14H18N4O. The van der Waals surface area contributed by atoms with Gasteiger partial charge in [0.25, 0.3) is 5.91 Å². The van der Waals surface area contributed by atoms with E-state index in [0.717, 1.165) is 35.5 Å². The second kappa shape index (κ2) is 5.65. The van der Waals surface area contributed by atoms with E-state index in [-0.39, 0.29) is 11.7 Å². The molecule has 0 radical (unpaired) electrons. The number of aromatic nitrogens is 3. The largest absolute Gasteiger partial charge is 0.319 e. The molecule has 2 aromatic rings. The Hall–Kier alpha value is -2.17. The summed E-state index contributed by atoms with van der Waals surface area (Å²) in [5.41, 5.74) is 2.98. The predicted octanol–water partition coefficient (Wildman–Crippen LogP) is 2.63. The van der Waals surface area contributed by atoms with E-state index in [2.05, 4.69) is 33.5 Å². The predicted molar refractivity (Wildman–Crippen MR) is 74.2 cm³/mol. The summed E-state index contributed by atoms with van der Waals surface area (Å²) in [5.74, 6) is 0.638. The Bertz CT molecular complexity index is 569. The molecule has 0 aliphatic carbocycles. The summed E-state index contributed by atoms with van der Waals surface area (Å²) in [7, 11) is 0. The molecule has 5 heteroatoms. The lowest BCUT2D eigenvalue weighted by atomic mass is 10.1. The highest BCUT2D eigenvalue weighted by Gasteiger charge is 2.12. The second-order valence-electron chi connectivity index (χ2n) is 4.69. The maximum absolute atomic E-state index is 12.0. The average Bonchev–Trinajstić information content (AvgIpc) is 2.76. The van der Waals surface area contributed by atoms with Crippen molar-refractivity contribution in [1.82, 2.24) is 15.2 Å². The Balaban J connectivity index is 2.11. The van der Waals surface area contributed by atoms with Crippen molar-refractivity contribution in [3.63, 3.8) is 0 Å². The van der Waals surface area contributed by atoms with Gasteiger partial charge in [0.2, 0.25) is 5.82 Å². The SMILES string of the molecule is CCCc1nc(C(=O)Nc2cc(C)cc(C)c2)n[nH]1. The van der Waals surface area contributed by atoms with Gasteiger partial charge in [-0.1, -0.05) is 13.0 Å². The van der Waals surface area contributed by atoms with Gasteiger partial charge >= 0.3 is 0 Å². The van der Waals surface area contributed by atoms with Gasteiger partial charge in [-0.15, -0.1) is 5.10 Å². The molecule has 0 unspecified atom stereocenters. The number of aryl methyl sites for hydroxylation is 3. The van der Waals surface area contributed by atoms with Gasteiger partial charge in [-0.05, 0) is 43.5 Å². The molecule has 0 aliphatic rings. The van der Waals surface area contributed by atoms with E-state index in [4.69, 9.17) is 0 Å². The van der Waals surface area contributed by atoms with Crippen molar-refractivity contribution in [2.45, 2.75) is 33.6 Å². The van der Waals surface area contributed by atoms with Crippen molar-refractivity contribution in [2.75, 3.05) is 5.32 Å². The maximum atomic E-state index is 12.0. The Morgan fingerprint density at radius 2 is 1.95 bits per heavy atom. The minimum absolute atomic E-state index is 0.183. The first-order valence-electron chi connectivity index (χ1n) is 6.39. The van der Waals surface area contributed by atoms with Crippen LogP contribution in [0.3, 0.4) is 0 Å². The fourth-order valence-corrected chi connectivity index (χ4v) is 1.98. The first-order chi connectivity index (χ1) is 9.08. The normalized spacial score (nSPS) is 10.5. The molecule has 1 heterocycles. The van der Waals surface area contributed by atoms with Crippen molar-refractivity contribution in [1.29, 1.82) is 0 Å². The van der Waals surface area contributed by atoms with Gasteiger partial charge in [0.05, 0.1) is 0 Å². The van der Waals surface area contributed by atoms with Crippen LogP contribution >= 0.6 is 0 Å².